The summed E-state index contributed by atoms with van der Waals surface area (Å²) < 4.78 is 0. The highest BCUT2D eigenvalue weighted by Gasteiger charge is 2.25. The number of carbonyl (C=O) groups excluding carboxylic acids is 1. The van der Waals surface area contributed by atoms with Gasteiger partial charge in [0.05, 0.1) is 0 Å². The lowest BCUT2D eigenvalue weighted by atomic mass is 9.86. The standard InChI is InChI=1S/C16H24N2O/c1-11-4-7-14(8-5-11)18(3)16(19)15-9-6-13(17)10-12(15)2/h6,9-11,14H,4-5,7-8,17H2,1-3H3. The summed E-state index contributed by atoms with van der Waals surface area (Å²) >= 11 is 0. The summed E-state index contributed by atoms with van der Waals surface area (Å²) in [5.41, 5.74) is 8.18. The highest BCUT2D eigenvalue weighted by Crippen LogP contribution is 2.27. The molecule has 19 heavy (non-hydrogen) atoms. The molecule has 0 bridgehead atoms. The van der Waals surface area contributed by atoms with E-state index < -0.39 is 0 Å². The van der Waals surface area contributed by atoms with E-state index in [-0.39, 0.29) is 5.91 Å². The van der Waals surface area contributed by atoms with Crippen molar-refractivity contribution in [1.29, 1.82) is 0 Å². The Morgan fingerprint density at radius 2 is 1.89 bits per heavy atom. The van der Waals surface area contributed by atoms with Crippen LogP contribution in [0.4, 0.5) is 5.69 Å². The van der Waals surface area contributed by atoms with Gasteiger partial charge in [-0.3, -0.25) is 4.79 Å². The molecule has 2 N–H and O–H groups in total. The molecule has 0 heterocycles. The van der Waals surface area contributed by atoms with E-state index in [0.717, 1.165) is 29.9 Å². The fraction of sp³-hybridized carbons (Fsp3) is 0.562. The Kier molecular flexibility index (Phi) is 4.13. The van der Waals surface area contributed by atoms with Crippen molar-refractivity contribution in [3.63, 3.8) is 0 Å². The van der Waals surface area contributed by atoms with Crippen molar-refractivity contribution in [2.75, 3.05) is 12.8 Å². The summed E-state index contributed by atoms with van der Waals surface area (Å²) in [4.78, 5) is 14.5. The molecule has 0 radical (unpaired) electrons. The van der Waals surface area contributed by atoms with Gasteiger partial charge in [-0.25, -0.2) is 0 Å². The van der Waals surface area contributed by atoms with Gasteiger partial charge in [0.1, 0.15) is 0 Å². The van der Waals surface area contributed by atoms with Gasteiger partial charge in [-0.05, 0) is 62.3 Å². The van der Waals surface area contributed by atoms with Crippen LogP contribution in [0.15, 0.2) is 18.2 Å². The molecule has 3 nitrogen and oxygen atoms in total. The van der Waals surface area contributed by atoms with Gasteiger partial charge in [0.15, 0.2) is 0 Å². The minimum absolute atomic E-state index is 0.122. The summed E-state index contributed by atoms with van der Waals surface area (Å²) in [6.07, 6.45) is 4.70. The first kappa shape index (κ1) is 13.9. The van der Waals surface area contributed by atoms with Gasteiger partial charge in [-0.15, -0.1) is 0 Å². The van der Waals surface area contributed by atoms with Crippen molar-refractivity contribution >= 4 is 11.6 Å². The van der Waals surface area contributed by atoms with E-state index >= 15 is 0 Å². The predicted molar refractivity (Wildman–Crippen MR) is 79.1 cm³/mol. The largest absolute Gasteiger partial charge is 0.399 e. The van der Waals surface area contributed by atoms with Gasteiger partial charge < -0.3 is 10.6 Å². The number of anilines is 1. The smallest absolute Gasteiger partial charge is 0.254 e. The van der Waals surface area contributed by atoms with Crippen molar-refractivity contribution in [3.8, 4) is 0 Å². The fourth-order valence-corrected chi connectivity index (χ4v) is 2.91. The van der Waals surface area contributed by atoms with Crippen LogP contribution in [-0.2, 0) is 0 Å². The molecule has 0 aromatic heterocycles. The number of rotatable bonds is 2. The highest BCUT2D eigenvalue weighted by molar-refractivity contribution is 5.96. The molecule has 0 atom stereocenters. The molecule has 1 fully saturated rings. The Balaban J connectivity index is 2.10. The van der Waals surface area contributed by atoms with Crippen LogP contribution in [0.5, 0.6) is 0 Å². The average Bonchev–Trinajstić information content (AvgIpc) is 2.38. The van der Waals surface area contributed by atoms with Gasteiger partial charge in [-0.2, -0.15) is 0 Å². The first-order chi connectivity index (χ1) is 8.99. The zero-order valence-electron chi connectivity index (χ0n) is 12.1. The molecule has 0 unspecified atom stereocenters. The van der Waals surface area contributed by atoms with Gasteiger partial charge >= 0.3 is 0 Å². The monoisotopic (exact) mass is 260 g/mol. The lowest BCUT2D eigenvalue weighted by Crippen LogP contribution is -2.39. The number of nitrogens with two attached hydrogens (primary N) is 1. The number of aryl methyl sites for hydroxylation is 1. The van der Waals surface area contributed by atoms with Crippen LogP contribution >= 0.6 is 0 Å². The molecule has 1 saturated carbocycles. The molecule has 2 rings (SSSR count). The van der Waals surface area contributed by atoms with Crippen molar-refractivity contribution in [3.05, 3.63) is 29.3 Å². The van der Waals surface area contributed by atoms with E-state index in [1.54, 1.807) is 6.07 Å². The van der Waals surface area contributed by atoms with E-state index in [4.69, 9.17) is 5.73 Å². The third kappa shape index (κ3) is 3.09. The number of hydrogen-bond acceptors (Lipinski definition) is 2. The van der Waals surface area contributed by atoms with Crippen molar-refractivity contribution in [1.82, 2.24) is 4.90 Å². The molecular formula is C16H24N2O. The predicted octanol–water partition coefficient (Wildman–Crippen LogP) is 3.23. The van der Waals surface area contributed by atoms with Crippen LogP contribution in [-0.4, -0.2) is 23.9 Å². The molecule has 1 aromatic rings. The van der Waals surface area contributed by atoms with Gasteiger partial charge in [0, 0.05) is 24.3 Å². The molecule has 1 aliphatic rings. The highest BCUT2D eigenvalue weighted by atomic mass is 16.2. The first-order valence-corrected chi connectivity index (χ1v) is 7.12. The Labute approximate surface area is 115 Å². The number of amides is 1. The first-order valence-electron chi connectivity index (χ1n) is 7.12. The van der Waals surface area contributed by atoms with Crippen LogP contribution < -0.4 is 5.73 Å². The topological polar surface area (TPSA) is 46.3 Å². The summed E-state index contributed by atoms with van der Waals surface area (Å²) in [5, 5.41) is 0. The molecule has 1 amide bonds. The van der Waals surface area contributed by atoms with Crippen LogP contribution in [0, 0.1) is 12.8 Å². The van der Waals surface area contributed by atoms with E-state index in [2.05, 4.69) is 6.92 Å². The number of hydrogen-bond donors (Lipinski definition) is 1. The van der Waals surface area contributed by atoms with Crippen LogP contribution in [0.1, 0.15) is 48.5 Å². The zero-order valence-corrected chi connectivity index (χ0v) is 12.1. The normalized spacial score (nSPS) is 23.1. The number of carbonyl (C=O) groups is 1. The summed E-state index contributed by atoms with van der Waals surface area (Å²) in [6.45, 7) is 4.24. The third-order valence-corrected chi connectivity index (χ3v) is 4.33. The Hall–Kier alpha value is -1.51. The summed E-state index contributed by atoms with van der Waals surface area (Å²) in [6, 6.07) is 5.90. The second-order valence-corrected chi connectivity index (χ2v) is 5.90. The SMILES string of the molecule is Cc1cc(N)ccc1C(=O)N(C)C1CCC(C)CC1. The maximum absolute atomic E-state index is 12.5. The average molecular weight is 260 g/mol. The third-order valence-electron chi connectivity index (χ3n) is 4.33. The molecule has 104 valence electrons. The van der Waals surface area contributed by atoms with Gasteiger partial charge in [0.2, 0.25) is 0 Å². The second-order valence-electron chi connectivity index (χ2n) is 5.90. The fourth-order valence-electron chi connectivity index (χ4n) is 2.91. The Morgan fingerprint density at radius 1 is 1.26 bits per heavy atom. The minimum Gasteiger partial charge on any atom is -0.399 e. The number of benzene rings is 1. The van der Waals surface area contributed by atoms with Crippen LogP contribution in [0.3, 0.4) is 0 Å². The minimum atomic E-state index is 0.122. The Morgan fingerprint density at radius 3 is 2.47 bits per heavy atom. The van der Waals surface area contributed by atoms with Gasteiger partial charge in [-0.1, -0.05) is 6.92 Å². The Bertz CT molecular complexity index is 462. The molecule has 3 heteroatoms. The molecule has 0 spiro atoms. The lowest BCUT2D eigenvalue weighted by Gasteiger charge is -2.34. The maximum Gasteiger partial charge on any atom is 0.254 e. The summed E-state index contributed by atoms with van der Waals surface area (Å²) in [7, 11) is 1.93. The van der Waals surface area contributed by atoms with Crippen LogP contribution in [0.25, 0.3) is 0 Å². The van der Waals surface area contributed by atoms with Crippen molar-refractivity contribution in [2.24, 2.45) is 5.92 Å². The summed E-state index contributed by atoms with van der Waals surface area (Å²) in [5.74, 6) is 0.926. The van der Waals surface area contributed by atoms with Gasteiger partial charge in [0.25, 0.3) is 5.91 Å². The number of nitrogens with zero attached hydrogens (tertiary/aromatic N) is 1. The van der Waals surface area contributed by atoms with Crippen molar-refractivity contribution in [2.45, 2.75) is 45.6 Å². The quantitative estimate of drug-likeness (QED) is 0.830. The van der Waals surface area contributed by atoms with E-state index in [9.17, 15) is 4.79 Å². The maximum atomic E-state index is 12.5. The van der Waals surface area contributed by atoms with E-state index in [0.29, 0.717) is 11.7 Å². The number of nitrogen functional groups attached to an aromatic ring is 1. The van der Waals surface area contributed by atoms with Crippen LogP contribution in [0.2, 0.25) is 0 Å². The second kappa shape index (κ2) is 5.64. The molecule has 1 aromatic carbocycles. The van der Waals surface area contributed by atoms with E-state index in [1.807, 2.05) is 31.0 Å². The van der Waals surface area contributed by atoms with E-state index in [1.165, 1.54) is 12.8 Å². The van der Waals surface area contributed by atoms with Crippen molar-refractivity contribution < 1.29 is 4.79 Å². The molecule has 1 aliphatic carbocycles. The lowest BCUT2D eigenvalue weighted by molar-refractivity contribution is 0.0679. The zero-order chi connectivity index (χ0) is 14.0. The molecular weight excluding hydrogens is 236 g/mol. The molecule has 0 saturated heterocycles. The molecule has 0 aliphatic heterocycles.